The van der Waals surface area contributed by atoms with E-state index in [1.165, 1.54) is 119 Å². The molecule has 16 rings (SSSR count). The highest BCUT2D eigenvalue weighted by Gasteiger charge is 2.61. The Morgan fingerprint density at radius 2 is 0.810 bits per heavy atom. The highest BCUT2D eigenvalue weighted by atomic mass is 16.5. The molecule has 6 N–H and O–H groups in total. The molecule has 0 amide bonds. The molecule has 4 aromatic rings. The molecule has 12 aliphatic carbocycles. The lowest BCUT2D eigenvalue weighted by atomic mass is 9.39. The summed E-state index contributed by atoms with van der Waals surface area (Å²) in [6.45, 7) is 5.08. The van der Waals surface area contributed by atoms with Crippen molar-refractivity contribution in [2.45, 2.75) is 146 Å². The molecule has 12 saturated carbocycles. The lowest BCUT2D eigenvalue weighted by molar-refractivity contribution is -0.110. The van der Waals surface area contributed by atoms with Crippen LogP contribution >= 0.6 is 0 Å². The summed E-state index contributed by atoms with van der Waals surface area (Å²) in [6.07, 6.45) is 22.7. The highest BCUT2D eigenvalue weighted by molar-refractivity contribution is 5.63. The predicted molar refractivity (Wildman–Crippen MR) is 247 cm³/mol. The first-order valence-electron chi connectivity index (χ1n) is 24.7. The second-order valence-corrected chi connectivity index (χ2v) is 24.6. The third-order valence-corrected chi connectivity index (χ3v) is 19.1. The zero-order valence-electron chi connectivity index (χ0n) is 37.4. The maximum Gasteiger partial charge on any atom is 0.142 e. The third-order valence-electron chi connectivity index (χ3n) is 19.1. The summed E-state index contributed by atoms with van der Waals surface area (Å²) in [5.74, 6) is 10.1. The van der Waals surface area contributed by atoms with Crippen molar-refractivity contribution in [1.29, 1.82) is 0 Å². The van der Waals surface area contributed by atoms with Crippen molar-refractivity contribution in [2.75, 3.05) is 11.5 Å². The first-order valence-corrected chi connectivity index (χ1v) is 24.7. The van der Waals surface area contributed by atoms with Gasteiger partial charge in [0.15, 0.2) is 0 Å². The molecule has 4 aromatic carbocycles. The SMILES string of the molecule is CC12CC3CC(C)(C1)CC(c1cc(Oc4ccc(Oc5cc(O)c(N)cc5C56CC7CC(CC(C7)C5)C6)cc4)ccc1Oc1cc(O)c(N)cc1C14CC5CC(CC(C5)C1)C4)(C3)C2. The molecular weight excluding hydrogens is 781 g/mol. The van der Waals surface area contributed by atoms with Crippen molar-refractivity contribution in [3.8, 4) is 46.0 Å². The van der Waals surface area contributed by atoms with Crippen LogP contribution in [-0.2, 0) is 16.2 Å². The van der Waals surface area contributed by atoms with Gasteiger partial charge >= 0.3 is 0 Å². The summed E-state index contributed by atoms with van der Waals surface area (Å²) < 4.78 is 20.7. The number of nitrogens with two attached hydrogens (primary N) is 2. The van der Waals surface area contributed by atoms with Gasteiger partial charge in [-0.25, -0.2) is 0 Å². The largest absolute Gasteiger partial charge is 0.506 e. The van der Waals surface area contributed by atoms with E-state index in [4.69, 9.17) is 25.7 Å². The van der Waals surface area contributed by atoms with Crippen LogP contribution in [0.3, 0.4) is 0 Å². The van der Waals surface area contributed by atoms with Crippen LogP contribution in [0.5, 0.6) is 46.0 Å². The van der Waals surface area contributed by atoms with Crippen molar-refractivity contribution in [3.63, 3.8) is 0 Å². The summed E-state index contributed by atoms with van der Waals surface area (Å²) in [5.41, 5.74) is 18.1. The summed E-state index contributed by atoms with van der Waals surface area (Å²) in [6, 6.07) is 22.0. The van der Waals surface area contributed by atoms with Gasteiger partial charge in [0.05, 0.1) is 11.4 Å². The number of aromatic hydroxyl groups is 2. The fourth-order valence-electron chi connectivity index (χ4n) is 18.8. The Labute approximate surface area is 373 Å². The van der Waals surface area contributed by atoms with E-state index in [0.29, 0.717) is 33.9 Å². The van der Waals surface area contributed by atoms with Crippen LogP contribution in [-0.4, -0.2) is 10.2 Å². The Morgan fingerprint density at radius 1 is 0.413 bits per heavy atom. The van der Waals surface area contributed by atoms with E-state index in [2.05, 4.69) is 38.1 Å². The van der Waals surface area contributed by atoms with Gasteiger partial charge in [-0.15, -0.1) is 0 Å². The maximum atomic E-state index is 11.2. The van der Waals surface area contributed by atoms with Gasteiger partial charge < -0.3 is 35.9 Å². The second-order valence-electron chi connectivity index (χ2n) is 24.6. The minimum atomic E-state index is -0.0228. The van der Waals surface area contributed by atoms with E-state index < -0.39 is 0 Å². The van der Waals surface area contributed by atoms with Crippen molar-refractivity contribution in [1.82, 2.24) is 0 Å². The minimum absolute atomic E-state index is 0.0228. The van der Waals surface area contributed by atoms with Gasteiger partial charge in [0.2, 0.25) is 0 Å². The molecule has 0 saturated heterocycles. The molecule has 12 aliphatic rings. The fourth-order valence-corrected chi connectivity index (χ4v) is 18.8. The smallest absolute Gasteiger partial charge is 0.142 e. The molecular formula is C56H66N2O5. The third kappa shape index (κ3) is 6.31. The topological polar surface area (TPSA) is 120 Å². The Balaban J connectivity index is 0.829. The fraction of sp³-hybridized carbons (Fsp3) is 0.571. The molecule has 330 valence electrons. The standard InChI is InChI=1S/C56H66N2O5/c1-52-20-38-21-53(2,29-52)31-56(28-38,30-52)42-15-41(7-8-49(42)63-51-19-48(60)46(58)17-44(51)55-25-35-12-36(26-55)14-37(13-35)27-55)61-39-3-5-40(6-4-39)62-50-18-47(59)45(57)16-43(50)54-22-32-9-33(23-54)11-34(10-32)24-54/h3-8,15-19,32-38,59-60H,9-14,20-31,57-58H2,1-2H3. The number of phenols is 2. The summed E-state index contributed by atoms with van der Waals surface area (Å²) in [7, 11) is 0. The Kier molecular flexibility index (Phi) is 8.20. The number of ether oxygens (including phenoxy) is 3. The summed E-state index contributed by atoms with van der Waals surface area (Å²) in [4.78, 5) is 0. The van der Waals surface area contributed by atoms with Gasteiger partial charge in [0.25, 0.3) is 0 Å². The molecule has 0 aliphatic heterocycles. The Bertz CT molecular complexity index is 2440. The molecule has 2 unspecified atom stereocenters. The number of anilines is 2. The van der Waals surface area contributed by atoms with Crippen LogP contribution < -0.4 is 25.7 Å². The predicted octanol–water partition coefficient (Wildman–Crippen LogP) is 13.8. The normalized spacial score (nSPS) is 39.8. The van der Waals surface area contributed by atoms with Crippen LogP contribution in [0.1, 0.15) is 146 Å². The lowest BCUT2D eigenvalue weighted by Gasteiger charge is -2.65. The number of nitrogen functional groups attached to an aromatic ring is 2. The van der Waals surface area contributed by atoms with Crippen LogP contribution in [0.15, 0.2) is 66.7 Å². The zero-order chi connectivity index (χ0) is 42.7. The van der Waals surface area contributed by atoms with E-state index in [1.54, 1.807) is 6.07 Å². The molecule has 0 heterocycles. The Hall–Kier alpha value is -4.52. The van der Waals surface area contributed by atoms with E-state index in [0.717, 1.165) is 77.1 Å². The second kappa shape index (κ2) is 13.3. The van der Waals surface area contributed by atoms with Gasteiger partial charge in [0.1, 0.15) is 46.0 Å². The van der Waals surface area contributed by atoms with Crippen LogP contribution in [0.2, 0.25) is 0 Å². The minimum Gasteiger partial charge on any atom is -0.506 e. The van der Waals surface area contributed by atoms with Gasteiger partial charge in [0, 0.05) is 34.2 Å². The first-order chi connectivity index (χ1) is 30.2. The van der Waals surface area contributed by atoms with Crippen LogP contribution in [0, 0.1) is 52.3 Å². The first kappa shape index (κ1) is 38.9. The van der Waals surface area contributed by atoms with Gasteiger partial charge in [-0.3, -0.25) is 0 Å². The maximum absolute atomic E-state index is 11.2. The van der Waals surface area contributed by atoms with E-state index in [-0.39, 0.29) is 27.7 Å². The lowest BCUT2D eigenvalue weighted by Crippen LogP contribution is -2.56. The van der Waals surface area contributed by atoms with Crippen molar-refractivity contribution in [3.05, 3.63) is 83.4 Å². The Morgan fingerprint density at radius 3 is 1.27 bits per heavy atom. The molecule has 0 radical (unpaired) electrons. The van der Waals surface area contributed by atoms with E-state index >= 15 is 0 Å². The van der Waals surface area contributed by atoms with E-state index in [1.807, 2.05) is 36.4 Å². The van der Waals surface area contributed by atoms with Crippen LogP contribution in [0.25, 0.3) is 0 Å². The molecule has 2 atom stereocenters. The highest BCUT2D eigenvalue weighted by Crippen LogP contribution is 2.71. The van der Waals surface area contributed by atoms with Crippen molar-refractivity contribution in [2.24, 2.45) is 52.3 Å². The number of hydrogen-bond acceptors (Lipinski definition) is 7. The van der Waals surface area contributed by atoms with Crippen molar-refractivity contribution >= 4 is 11.4 Å². The summed E-state index contributed by atoms with van der Waals surface area (Å²) in [5, 5.41) is 22.0. The molecule has 7 heteroatoms. The average molecular weight is 847 g/mol. The summed E-state index contributed by atoms with van der Waals surface area (Å²) >= 11 is 0. The number of benzene rings is 4. The van der Waals surface area contributed by atoms with Gasteiger partial charge in [-0.2, -0.15) is 0 Å². The van der Waals surface area contributed by atoms with Gasteiger partial charge in [-0.05, 0) is 233 Å². The quantitative estimate of drug-likeness (QED) is 0.0978. The monoisotopic (exact) mass is 846 g/mol. The molecule has 12 bridgehead atoms. The average Bonchev–Trinajstić information content (AvgIpc) is 3.19. The molecule has 63 heavy (non-hydrogen) atoms. The number of hydrogen-bond donors (Lipinski definition) is 4. The van der Waals surface area contributed by atoms with Gasteiger partial charge in [-0.1, -0.05) is 13.8 Å². The molecule has 7 nitrogen and oxygen atoms in total. The molecule has 0 spiro atoms. The zero-order valence-corrected chi connectivity index (χ0v) is 37.4. The van der Waals surface area contributed by atoms with Crippen molar-refractivity contribution < 1.29 is 24.4 Å². The number of rotatable bonds is 9. The number of phenolic OH excluding ortho intramolecular Hbond substituents is 2. The van der Waals surface area contributed by atoms with E-state index in [9.17, 15) is 10.2 Å². The molecule has 0 aromatic heterocycles. The molecule has 12 fully saturated rings. The van der Waals surface area contributed by atoms with Crippen LogP contribution in [0.4, 0.5) is 11.4 Å².